The highest BCUT2D eigenvalue weighted by Crippen LogP contribution is 2.34. The summed E-state index contributed by atoms with van der Waals surface area (Å²) < 4.78 is 5.81. The lowest BCUT2D eigenvalue weighted by Crippen LogP contribution is -1.87. The quantitative estimate of drug-likeness (QED) is 0.727. The number of allylic oxidation sites excluding steroid dienone is 1. The molecule has 0 aromatic heterocycles. The van der Waals surface area contributed by atoms with Crippen molar-refractivity contribution in [2.45, 2.75) is 12.8 Å². The summed E-state index contributed by atoms with van der Waals surface area (Å²) in [5.74, 6) is 1.67. The lowest BCUT2D eigenvalue weighted by molar-refractivity contribution is 0.482. The molecule has 18 heavy (non-hydrogen) atoms. The van der Waals surface area contributed by atoms with Gasteiger partial charge < -0.3 is 4.74 Å². The highest BCUT2D eigenvalue weighted by Gasteiger charge is 2.14. The molecule has 0 radical (unpaired) electrons. The van der Waals surface area contributed by atoms with Crippen molar-refractivity contribution in [3.63, 3.8) is 0 Å². The molecule has 2 aromatic carbocycles. The average molecular weight is 257 g/mol. The fraction of sp³-hybridized carbons (Fsp3) is 0.125. The van der Waals surface area contributed by atoms with Crippen LogP contribution in [-0.2, 0) is 6.42 Å². The first-order valence-corrected chi connectivity index (χ1v) is 6.35. The molecule has 90 valence electrons. The molecule has 2 aromatic rings. The molecule has 0 amide bonds. The molecule has 1 nitrogen and oxygen atoms in total. The van der Waals surface area contributed by atoms with E-state index in [4.69, 9.17) is 16.3 Å². The molecular weight excluding hydrogens is 244 g/mol. The van der Waals surface area contributed by atoms with E-state index in [2.05, 4.69) is 18.7 Å². The second-order valence-electron chi connectivity index (χ2n) is 4.48. The van der Waals surface area contributed by atoms with Crippen LogP contribution in [0.25, 0.3) is 5.57 Å². The monoisotopic (exact) mass is 256 g/mol. The van der Waals surface area contributed by atoms with Crippen molar-refractivity contribution in [2.75, 3.05) is 0 Å². The van der Waals surface area contributed by atoms with Crippen LogP contribution in [0.4, 0.5) is 0 Å². The van der Waals surface area contributed by atoms with Gasteiger partial charge >= 0.3 is 0 Å². The Bertz CT molecular complexity index is 599. The van der Waals surface area contributed by atoms with Crippen LogP contribution in [0, 0.1) is 0 Å². The van der Waals surface area contributed by atoms with E-state index in [1.807, 2.05) is 30.3 Å². The third-order valence-electron chi connectivity index (χ3n) is 3.20. The molecule has 0 unspecified atom stereocenters. The third-order valence-corrected chi connectivity index (χ3v) is 3.46. The van der Waals surface area contributed by atoms with Crippen LogP contribution in [0.15, 0.2) is 49.0 Å². The zero-order valence-electron chi connectivity index (χ0n) is 9.95. The number of aryl methyl sites for hydroxylation is 1. The summed E-state index contributed by atoms with van der Waals surface area (Å²) in [7, 11) is 0. The van der Waals surface area contributed by atoms with Crippen LogP contribution in [0.1, 0.15) is 17.5 Å². The predicted molar refractivity (Wildman–Crippen MR) is 75.3 cm³/mol. The summed E-state index contributed by atoms with van der Waals surface area (Å²) in [4.78, 5) is 0. The van der Waals surface area contributed by atoms with Crippen molar-refractivity contribution in [1.29, 1.82) is 0 Å². The lowest BCUT2D eigenvalue weighted by atomic mass is 10.1. The topological polar surface area (TPSA) is 9.23 Å². The Hall–Kier alpha value is -1.73. The fourth-order valence-corrected chi connectivity index (χ4v) is 2.37. The maximum absolute atomic E-state index is 5.84. The molecule has 1 aliphatic carbocycles. The summed E-state index contributed by atoms with van der Waals surface area (Å²) in [6.07, 6.45) is 2.12. The lowest BCUT2D eigenvalue weighted by Gasteiger charge is -2.07. The molecule has 0 fully saturated rings. The minimum atomic E-state index is 0.715. The van der Waals surface area contributed by atoms with Crippen LogP contribution < -0.4 is 4.74 Å². The molecule has 0 atom stereocenters. The molecule has 3 rings (SSSR count). The van der Waals surface area contributed by atoms with Crippen molar-refractivity contribution in [3.8, 4) is 11.5 Å². The maximum Gasteiger partial charge on any atom is 0.127 e. The minimum Gasteiger partial charge on any atom is -0.457 e. The van der Waals surface area contributed by atoms with Crippen LogP contribution in [0.5, 0.6) is 11.5 Å². The Morgan fingerprint density at radius 2 is 1.67 bits per heavy atom. The van der Waals surface area contributed by atoms with Gasteiger partial charge in [0, 0.05) is 5.02 Å². The van der Waals surface area contributed by atoms with Crippen molar-refractivity contribution < 1.29 is 4.74 Å². The van der Waals surface area contributed by atoms with Crippen LogP contribution >= 0.6 is 11.6 Å². The summed E-state index contributed by atoms with van der Waals surface area (Å²) >= 11 is 5.84. The second kappa shape index (κ2) is 4.51. The zero-order valence-corrected chi connectivity index (χ0v) is 10.7. The highest BCUT2D eigenvalue weighted by molar-refractivity contribution is 6.30. The Labute approximate surface area is 112 Å². The number of hydrogen-bond donors (Lipinski definition) is 0. The molecular formula is C16H13ClO. The minimum absolute atomic E-state index is 0.715. The van der Waals surface area contributed by atoms with Crippen molar-refractivity contribution in [2.24, 2.45) is 0 Å². The van der Waals surface area contributed by atoms with Crippen LogP contribution in [0.2, 0.25) is 5.02 Å². The molecule has 0 saturated carbocycles. The van der Waals surface area contributed by atoms with Crippen molar-refractivity contribution >= 4 is 17.2 Å². The van der Waals surface area contributed by atoms with Gasteiger partial charge in [-0.05, 0) is 65.9 Å². The largest absolute Gasteiger partial charge is 0.457 e. The predicted octanol–water partition coefficient (Wildman–Crippen LogP) is 5.09. The normalized spacial score (nSPS) is 13.5. The first-order valence-electron chi connectivity index (χ1n) is 5.97. The van der Waals surface area contributed by atoms with Crippen LogP contribution in [0.3, 0.4) is 0 Å². The van der Waals surface area contributed by atoms with Gasteiger partial charge in [0.2, 0.25) is 0 Å². The van der Waals surface area contributed by atoms with Gasteiger partial charge in [0.15, 0.2) is 0 Å². The number of benzene rings is 2. The molecule has 0 aliphatic heterocycles. The van der Waals surface area contributed by atoms with Gasteiger partial charge in [0.05, 0.1) is 0 Å². The van der Waals surface area contributed by atoms with Gasteiger partial charge in [-0.25, -0.2) is 0 Å². The van der Waals surface area contributed by atoms with E-state index in [1.54, 1.807) is 0 Å². The third kappa shape index (κ3) is 2.14. The molecule has 0 N–H and O–H groups in total. The molecule has 0 bridgehead atoms. The number of hydrogen-bond acceptors (Lipinski definition) is 1. The Kier molecular flexibility index (Phi) is 2.85. The molecule has 1 aliphatic rings. The van der Waals surface area contributed by atoms with Gasteiger partial charge in [0.1, 0.15) is 11.5 Å². The fourth-order valence-electron chi connectivity index (χ4n) is 2.24. The van der Waals surface area contributed by atoms with E-state index in [0.717, 1.165) is 24.3 Å². The van der Waals surface area contributed by atoms with Gasteiger partial charge in [-0.2, -0.15) is 0 Å². The summed E-state index contributed by atoms with van der Waals surface area (Å²) in [5.41, 5.74) is 3.83. The molecule has 0 saturated heterocycles. The van der Waals surface area contributed by atoms with Gasteiger partial charge in [-0.3, -0.25) is 0 Å². The van der Waals surface area contributed by atoms with Gasteiger partial charge in [-0.15, -0.1) is 0 Å². The highest BCUT2D eigenvalue weighted by atomic mass is 35.5. The van der Waals surface area contributed by atoms with E-state index in [0.29, 0.717) is 5.02 Å². The standard InChI is InChI=1S/C16H13ClO/c1-11-2-3-12-10-15(8-9-16(11)12)18-14-6-4-13(17)5-7-14/h4-10H,1-3H2. The molecule has 0 spiro atoms. The number of halogens is 1. The van der Waals surface area contributed by atoms with E-state index in [9.17, 15) is 0 Å². The smallest absolute Gasteiger partial charge is 0.127 e. The van der Waals surface area contributed by atoms with E-state index in [-0.39, 0.29) is 0 Å². The number of fused-ring (bicyclic) bond motifs is 1. The van der Waals surface area contributed by atoms with Gasteiger partial charge in [-0.1, -0.05) is 24.2 Å². The average Bonchev–Trinajstić information content (AvgIpc) is 2.74. The summed E-state index contributed by atoms with van der Waals surface area (Å²) in [5, 5.41) is 0.715. The van der Waals surface area contributed by atoms with E-state index in [1.165, 1.54) is 16.7 Å². The van der Waals surface area contributed by atoms with E-state index >= 15 is 0 Å². The Morgan fingerprint density at radius 1 is 0.944 bits per heavy atom. The Balaban J connectivity index is 1.86. The second-order valence-corrected chi connectivity index (χ2v) is 4.91. The van der Waals surface area contributed by atoms with Crippen molar-refractivity contribution in [3.05, 3.63) is 65.2 Å². The molecule has 0 heterocycles. The van der Waals surface area contributed by atoms with Crippen LogP contribution in [-0.4, -0.2) is 0 Å². The van der Waals surface area contributed by atoms with Crippen molar-refractivity contribution in [1.82, 2.24) is 0 Å². The summed E-state index contributed by atoms with van der Waals surface area (Å²) in [6, 6.07) is 13.6. The number of rotatable bonds is 2. The summed E-state index contributed by atoms with van der Waals surface area (Å²) in [6.45, 7) is 4.06. The first-order chi connectivity index (χ1) is 8.72. The molecule has 2 heteroatoms. The Morgan fingerprint density at radius 3 is 2.44 bits per heavy atom. The zero-order chi connectivity index (χ0) is 12.5. The SMILES string of the molecule is C=C1CCc2cc(Oc3ccc(Cl)cc3)ccc21. The first kappa shape index (κ1) is 11.4. The number of ether oxygens (including phenoxy) is 1. The van der Waals surface area contributed by atoms with Gasteiger partial charge in [0.25, 0.3) is 0 Å². The maximum atomic E-state index is 5.84. The van der Waals surface area contributed by atoms with E-state index < -0.39 is 0 Å².